The van der Waals surface area contributed by atoms with Crippen LogP contribution in [0.15, 0.2) is 42.6 Å². The van der Waals surface area contributed by atoms with Gasteiger partial charge in [0.2, 0.25) is 0 Å². The van der Waals surface area contributed by atoms with Gasteiger partial charge in [0.15, 0.2) is 11.5 Å². The van der Waals surface area contributed by atoms with E-state index in [4.69, 9.17) is 11.6 Å². The van der Waals surface area contributed by atoms with Crippen molar-refractivity contribution in [3.05, 3.63) is 59.0 Å². The van der Waals surface area contributed by atoms with E-state index in [9.17, 15) is 4.79 Å². The third-order valence-corrected chi connectivity index (χ3v) is 3.19. The molecule has 0 unspecified atom stereocenters. The highest BCUT2D eigenvalue weighted by Gasteiger charge is 2.12. The lowest BCUT2D eigenvalue weighted by Crippen LogP contribution is -2.13. The molecule has 3 rings (SSSR count). The zero-order valence-electron chi connectivity index (χ0n) is 11.2. The number of hydrogen-bond acceptors (Lipinski definition) is 3. The average molecular weight is 302 g/mol. The molecule has 7 heteroatoms. The van der Waals surface area contributed by atoms with Crippen LogP contribution in [0, 0.1) is 6.92 Å². The number of nitrogens with zero attached hydrogens (tertiary/aromatic N) is 3. The van der Waals surface area contributed by atoms with Crippen molar-refractivity contribution in [3.8, 4) is 5.69 Å². The first-order chi connectivity index (χ1) is 10.1. The molecule has 21 heavy (non-hydrogen) atoms. The molecule has 0 fully saturated rings. The molecule has 0 bridgehead atoms. The first kappa shape index (κ1) is 13.4. The number of carbonyl (C=O) groups is 1. The molecule has 0 saturated carbocycles. The monoisotopic (exact) mass is 301 g/mol. The van der Waals surface area contributed by atoms with E-state index in [0.717, 1.165) is 5.69 Å². The van der Waals surface area contributed by atoms with Crippen molar-refractivity contribution in [2.24, 2.45) is 0 Å². The molecule has 2 heterocycles. The lowest BCUT2D eigenvalue weighted by atomic mass is 10.3. The number of aromatic nitrogens is 4. The van der Waals surface area contributed by atoms with Crippen LogP contribution in [-0.2, 0) is 0 Å². The summed E-state index contributed by atoms with van der Waals surface area (Å²) >= 11 is 6.10. The van der Waals surface area contributed by atoms with Crippen LogP contribution in [0.4, 0.5) is 5.82 Å². The van der Waals surface area contributed by atoms with Crippen molar-refractivity contribution < 1.29 is 4.79 Å². The van der Waals surface area contributed by atoms with Gasteiger partial charge in [0, 0.05) is 18.0 Å². The topological polar surface area (TPSA) is 75.6 Å². The van der Waals surface area contributed by atoms with Gasteiger partial charge in [0.05, 0.1) is 10.7 Å². The summed E-state index contributed by atoms with van der Waals surface area (Å²) < 4.78 is 1.56. The largest absolute Gasteiger partial charge is 0.304 e. The minimum Gasteiger partial charge on any atom is -0.304 e. The molecule has 106 valence electrons. The number of carbonyl (C=O) groups excluding carboxylic acids is 1. The Labute approximate surface area is 125 Å². The van der Waals surface area contributed by atoms with Crippen LogP contribution in [0.1, 0.15) is 16.2 Å². The first-order valence-corrected chi connectivity index (χ1v) is 6.65. The van der Waals surface area contributed by atoms with Gasteiger partial charge in [0.25, 0.3) is 5.91 Å². The van der Waals surface area contributed by atoms with Gasteiger partial charge in [-0.3, -0.25) is 9.89 Å². The van der Waals surface area contributed by atoms with E-state index in [0.29, 0.717) is 16.5 Å². The number of halogens is 1. The second-order valence-corrected chi connectivity index (χ2v) is 4.89. The highest BCUT2D eigenvalue weighted by molar-refractivity contribution is 6.32. The van der Waals surface area contributed by atoms with E-state index in [1.165, 1.54) is 0 Å². The highest BCUT2D eigenvalue weighted by atomic mass is 35.5. The number of nitrogens with one attached hydrogen (secondary N) is 2. The zero-order chi connectivity index (χ0) is 14.8. The summed E-state index contributed by atoms with van der Waals surface area (Å²) in [7, 11) is 0. The lowest BCUT2D eigenvalue weighted by Gasteiger charge is -2.03. The number of anilines is 1. The molecule has 0 atom stereocenters. The molecule has 1 amide bonds. The van der Waals surface area contributed by atoms with Crippen LogP contribution in [0.25, 0.3) is 5.69 Å². The van der Waals surface area contributed by atoms with Crippen LogP contribution in [0.3, 0.4) is 0 Å². The number of aromatic amines is 1. The Kier molecular flexibility index (Phi) is 3.45. The van der Waals surface area contributed by atoms with E-state index >= 15 is 0 Å². The number of para-hydroxylation sites is 1. The van der Waals surface area contributed by atoms with E-state index in [2.05, 4.69) is 20.6 Å². The molecule has 1 aromatic carbocycles. The van der Waals surface area contributed by atoms with E-state index in [1.54, 1.807) is 29.1 Å². The Hall–Kier alpha value is -2.60. The number of amides is 1. The molecule has 0 aliphatic heterocycles. The van der Waals surface area contributed by atoms with Crippen molar-refractivity contribution >= 4 is 23.3 Å². The average Bonchev–Trinajstić information content (AvgIpc) is 3.09. The minimum absolute atomic E-state index is 0.288. The van der Waals surface area contributed by atoms with E-state index < -0.39 is 0 Å². The summed E-state index contributed by atoms with van der Waals surface area (Å²) in [6, 6.07) is 10.7. The van der Waals surface area contributed by atoms with Crippen LogP contribution < -0.4 is 5.32 Å². The number of benzene rings is 1. The standard InChI is InChI=1S/C14H12ClN5O/c1-9-8-13(18-17-9)16-14(21)11-6-7-20(19-11)12-5-3-2-4-10(12)15/h2-8H,1H3,(H2,16,17,18,21). The Bertz CT molecular complexity index is 792. The second kappa shape index (κ2) is 5.41. The van der Waals surface area contributed by atoms with Crippen LogP contribution in [0.2, 0.25) is 5.02 Å². The summed E-state index contributed by atoms with van der Waals surface area (Å²) in [4.78, 5) is 12.1. The molecule has 0 radical (unpaired) electrons. The second-order valence-electron chi connectivity index (χ2n) is 4.49. The minimum atomic E-state index is -0.327. The van der Waals surface area contributed by atoms with Gasteiger partial charge in [-0.1, -0.05) is 23.7 Å². The number of H-pyrrole nitrogens is 1. The normalized spacial score (nSPS) is 10.6. The maximum Gasteiger partial charge on any atom is 0.277 e. The van der Waals surface area contributed by atoms with Crippen molar-refractivity contribution in [2.45, 2.75) is 6.92 Å². The molecule has 6 nitrogen and oxygen atoms in total. The van der Waals surface area contributed by atoms with Gasteiger partial charge in [0.1, 0.15) is 0 Å². The molecule has 0 saturated heterocycles. The van der Waals surface area contributed by atoms with Gasteiger partial charge in [-0.25, -0.2) is 4.68 Å². The fourth-order valence-electron chi connectivity index (χ4n) is 1.88. The maximum absolute atomic E-state index is 12.1. The molecule has 2 aromatic heterocycles. The summed E-state index contributed by atoms with van der Waals surface area (Å²) in [6.45, 7) is 1.86. The van der Waals surface area contributed by atoms with Crippen molar-refractivity contribution in [1.82, 2.24) is 20.0 Å². The summed E-state index contributed by atoms with van der Waals surface area (Å²) in [6.07, 6.45) is 1.69. The Morgan fingerprint density at radius 2 is 2.14 bits per heavy atom. The van der Waals surface area contributed by atoms with Gasteiger partial charge in [-0.05, 0) is 25.1 Å². The van der Waals surface area contributed by atoms with Crippen LogP contribution >= 0.6 is 11.6 Å². The number of aryl methyl sites for hydroxylation is 1. The van der Waals surface area contributed by atoms with Gasteiger partial charge >= 0.3 is 0 Å². The molecular formula is C14H12ClN5O. The molecule has 0 aliphatic rings. The van der Waals surface area contributed by atoms with Crippen molar-refractivity contribution in [3.63, 3.8) is 0 Å². The van der Waals surface area contributed by atoms with Crippen LogP contribution in [-0.4, -0.2) is 25.9 Å². The van der Waals surface area contributed by atoms with Gasteiger partial charge < -0.3 is 5.32 Å². The lowest BCUT2D eigenvalue weighted by molar-refractivity contribution is 0.102. The van der Waals surface area contributed by atoms with E-state index in [-0.39, 0.29) is 11.6 Å². The molecule has 0 spiro atoms. The number of hydrogen-bond donors (Lipinski definition) is 2. The highest BCUT2D eigenvalue weighted by Crippen LogP contribution is 2.19. The first-order valence-electron chi connectivity index (χ1n) is 6.27. The molecule has 3 aromatic rings. The third-order valence-electron chi connectivity index (χ3n) is 2.87. The van der Waals surface area contributed by atoms with E-state index in [1.807, 2.05) is 25.1 Å². The summed E-state index contributed by atoms with van der Waals surface area (Å²) in [5.74, 6) is 0.136. The smallest absolute Gasteiger partial charge is 0.277 e. The number of rotatable bonds is 3. The summed E-state index contributed by atoms with van der Waals surface area (Å²) in [5.41, 5.74) is 1.87. The Morgan fingerprint density at radius 1 is 1.33 bits per heavy atom. The predicted molar refractivity (Wildman–Crippen MR) is 79.9 cm³/mol. The fourth-order valence-corrected chi connectivity index (χ4v) is 2.10. The molecule has 2 N–H and O–H groups in total. The fraction of sp³-hybridized carbons (Fsp3) is 0.0714. The Balaban J connectivity index is 1.82. The summed E-state index contributed by atoms with van der Waals surface area (Å²) in [5, 5.41) is 14.2. The predicted octanol–water partition coefficient (Wildman–Crippen LogP) is 2.81. The van der Waals surface area contributed by atoms with Crippen molar-refractivity contribution in [1.29, 1.82) is 0 Å². The quantitative estimate of drug-likeness (QED) is 0.781. The zero-order valence-corrected chi connectivity index (χ0v) is 11.9. The Morgan fingerprint density at radius 3 is 2.86 bits per heavy atom. The van der Waals surface area contributed by atoms with Gasteiger partial charge in [-0.15, -0.1) is 0 Å². The third kappa shape index (κ3) is 2.80. The SMILES string of the molecule is Cc1cc(NC(=O)c2ccn(-c3ccccc3Cl)n2)n[nH]1. The van der Waals surface area contributed by atoms with Gasteiger partial charge in [-0.2, -0.15) is 10.2 Å². The molecular weight excluding hydrogens is 290 g/mol. The molecule has 0 aliphatic carbocycles. The maximum atomic E-state index is 12.1. The van der Waals surface area contributed by atoms with Crippen molar-refractivity contribution in [2.75, 3.05) is 5.32 Å². The van der Waals surface area contributed by atoms with Crippen LogP contribution in [0.5, 0.6) is 0 Å².